The molecule has 0 aliphatic carbocycles. The van der Waals surface area contributed by atoms with E-state index in [-0.39, 0.29) is 22.4 Å². The van der Waals surface area contributed by atoms with Crippen LogP contribution in [0.1, 0.15) is 25.5 Å². The number of phenolic OH excluding ortho intramolecular Hbond substituents is 1. The second kappa shape index (κ2) is 3.79. The van der Waals surface area contributed by atoms with Crippen LogP contribution in [0.3, 0.4) is 0 Å². The van der Waals surface area contributed by atoms with Gasteiger partial charge < -0.3 is 5.11 Å². The topological polar surface area (TPSA) is 42.2 Å². The van der Waals surface area contributed by atoms with Crippen LogP contribution in [0.15, 0.2) is 10.9 Å². The molecule has 1 N–H and O–H groups in total. The van der Waals surface area contributed by atoms with Crippen molar-refractivity contribution in [2.24, 2.45) is 0 Å². The van der Waals surface area contributed by atoms with E-state index in [1.165, 1.54) is 11.5 Å². The van der Waals surface area contributed by atoms with Gasteiger partial charge >= 0.3 is 0 Å². The summed E-state index contributed by atoms with van der Waals surface area (Å²) in [5.41, 5.74) is 0.560. The highest BCUT2D eigenvalue weighted by Crippen LogP contribution is 2.35. The van der Waals surface area contributed by atoms with Crippen LogP contribution >= 0.6 is 23.1 Å². The third-order valence-corrected chi connectivity index (χ3v) is 4.15. The Bertz CT molecular complexity index is 612. The minimum Gasteiger partial charge on any atom is -0.506 e. The summed E-state index contributed by atoms with van der Waals surface area (Å²) in [6.07, 6.45) is 0. The van der Waals surface area contributed by atoms with Crippen molar-refractivity contribution in [2.45, 2.75) is 26.8 Å². The second-order valence-corrected chi connectivity index (χ2v) is 5.44. The van der Waals surface area contributed by atoms with Gasteiger partial charge in [0.1, 0.15) is 5.75 Å². The highest BCUT2D eigenvalue weighted by molar-refractivity contribution is 7.14. The highest BCUT2D eigenvalue weighted by atomic mass is 35.5. The van der Waals surface area contributed by atoms with Crippen LogP contribution in [-0.4, -0.2) is 9.06 Å². The molecule has 16 heavy (non-hydrogen) atoms. The number of aromatic nitrogens is 1. The number of halogens is 1. The van der Waals surface area contributed by atoms with E-state index in [9.17, 15) is 9.90 Å². The Morgan fingerprint density at radius 3 is 2.69 bits per heavy atom. The number of phenols is 1. The van der Waals surface area contributed by atoms with Gasteiger partial charge in [0.15, 0.2) is 0 Å². The second-order valence-electron chi connectivity index (χ2n) is 4.05. The summed E-state index contributed by atoms with van der Waals surface area (Å²) in [5, 5.41) is 10.3. The van der Waals surface area contributed by atoms with Gasteiger partial charge in [-0.15, -0.1) is 0 Å². The fraction of sp³-hybridized carbons (Fsp3) is 0.364. The van der Waals surface area contributed by atoms with E-state index >= 15 is 0 Å². The maximum atomic E-state index is 12.0. The Labute approximate surface area is 102 Å². The quantitative estimate of drug-likeness (QED) is 0.852. The molecule has 2 rings (SSSR count). The van der Waals surface area contributed by atoms with Crippen LogP contribution in [0, 0.1) is 6.92 Å². The summed E-state index contributed by atoms with van der Waals surface area (Å²) in [6.45, 7) is 5.65. The van der Waals surface area contributed by atoms with E-state index in [0.717, 1.165) is 4.70 Å². The fourth-order valence-electron chi connectivity index (χ4n) is 1.61. The number of rotatable bonds is 1. The number of hydrogen-bond acceptors (Lipinski definition) is 3. The first kappa shape index (κ1) is 11.5. The maximum Gasteiger partial charge on any atom is 0.270 e. The van der Waals surface area contributed by atoms with Crippen molar-refractivity contribution >= 4 is 33.2 Å². The molecule has 1 aromatic heterocycles. The van der Waals surface area contributed by atoms with E-state index in [1.54, 1.807) is 16.9 Å². The monoisotopic (exact) mass is 257 g/mol. The van der Waals surface area contributed by atoms with Gasteiger partial charge in [-0.05, 0) is 32.4 Å². The Morgan fingerprint density at radius 1 is 1.50 bits per heavy atom. The van der Waals surface area contributed by atoms with Gasteiger partial charge in [0.05, 0.1) is 15.1 Å². The largest absolute Gasteiger partial charge is 0.506 e. The van der Waals surface area contributed by atoms with Gasteiger partial charge in [-0.25, -0.2) is 0 Å². The maximum absolute atomic E-state index is 12.0. The highest BCUT2D eigenvalue weighted by Gasteiger charge is 2.17. The zero-order valence-electron chi connectivity index (χ0n) is 9.24. The zero-order valence-corrected chi connectivity index (χ0v) is 10.8. The van der Waals surface area contributed by atoms with E-state index in [2.05, 4.69) is 0 Å². The van der Waals surface area contributed by atoms with Crippen molar-refractivity contribution < 1.29 is 5.11 Å². The molecular formula is C11H12ClNO2S. The molecule has 2 aromatic rings. The first-order chi connectivity index (χ1) is 7.43. The number of hydrogen-bond donors (Lipinski definition) is 1. The molecule has 0 bridgehead atoms. The Kier molecular flexibility index (Phi) is 2.72. The molecule has 5 heteroatoms. The number of nitrogens with zero attached hydrogens (tertiary/aromatic N) is 1. The smallest absolute Gasteiger partial charge is 0.270 e. The van der Waals surface area contributed by atoms with Crippen LogP contribution in [-0.2, 0) is 0 Å². The van der Waals surface area contributed by atoms with E-state index in [4.69, 9.17) is 11.6 Å². The average Bonchev–Trinajstić information content (AvgIpc) is 2.52. The molecule has 0 atom stereocenters. The molecule has 0 radical (unpaired) electrons. The van der Waals surface area contributed by atoms with Crippen molar-refractivity contribution in [3.63, 3.8) is 0 Å². The minimum atomic E-state index is -0.129. The molecule has 0 aliphatic heterocycles. The third kappa shape index (κ3) is 1.53. The zero-order chi connectivity index (χ0) is 12.0. The lowest BCUT2D eigenvalue weighted by atomic mass is 10.2. The molecule has 1 aromatic carbocycles. The molecule has 86 valence electrons. The summed E-state index contributed by atoms with van der Waals surface area (Å²) < 4.78 is 2.48. The Balaban J connectivity index is 2.94. The molecule has 0 saturated heterocycles. The van der Waals surface area contributed by atoms with Crippen molar-refractivity contribution in [3.8, 4) is 5.75 Å². The van der Waals surface area contributed by atoms with Gasteiger partial charge in [-0.2, -0.15) is 0 Å². The first-order valence-electron chi connectivity index (χ1n) is 4.97. The van der Waals surface area contributed by atoms with Gasteiger partial charge in [0, 0.05) is 6.04 Å². The molecule has 0 fully saturated rings. The van der Waals surface area contributed by atoms with Crippen LogP contribution in [0.25, 0.3) is 10.1 Å². The third-order valence-electron chi connectivity index (χ3n) is 2.47. The van der Waals surface area contributed by atoms with E-state index in [1.807, 2.05) is 13.8 Å². The van der Waals surface area contributed by atoms with Gasteiger partial charge in [-0.1, -0.05) is 23.1 Å². The first-order valence-corrected chi connectivity index (χ1v) is 6.12. The molecule has 1 heterocycles. The number of aryl methyl sites for hydroxylation is 1. The lowest BCUT2D eigenvalue weighted by Crippen LogP contribution is -2.14. The molecule has 3 nitrogen and oxygen atoms in total. The summed E-state index contributed by atoms with van der Waals surface area (Å²) in [6, 6.07) is 1.89. The van der Waals surface area contributed by atoms with Crippen molar-refractivity contribution in [1.82, 2.24) is 3.96 Å². The molecule has 0 spiro atoms. The summed E-state index contributed by atoms with van der Waals surface area (Å²) >= 11 is 7.38. The lowest BCUT2D eigenvalue weighted by Gasteiger charge is -2.01. The summed E-state index contributed by atoms with van der Waals surface area (Å²) in [4.78, 5) is 12.0. The lowest BCUT2D eigenvalue weighted by molar-refractivity contribution is 0.472. The normalized spacial score (nSPS) is 11.6. The number of aromatic hydroxyl groups is 1. The van der Waals surface area contributed by atoms with E-state index < -0.39 is 0 Å². The minimum absolute atomic E-state index is 0.0000252. The van der Waals surface area contributed by atoms with E-state index in [0.29, 0.717) is 10.9 Å². The Morgan fingerprint density at radius 2 is 2.12 bits per heavy atom. The van der Waals surface area contributed by atoms with Gasteiger partial charge in [0.25, 0.3) is 5.56 Å². The predicted octanol–water partition coefficient (Wildman–Crippen LogP) is 3.31. The molecule has 0 aliphatic rings. The molecular weight excluding hydrogens is 246 g/mol. The molecule has 0 saturated carbocycles. The predicted molar refractivity (Wildman–Crippen MR) is 67.9 cm³/mol. The SMILES string of the molecule is Cc1cc2sn(C(C)C)c(=O)c2c(Cl)c1O. The van der Waals surface area contributed by atoms with Crippen LogP contribution in [0.2, 0.25) is 5.02 Å². The van der Waals surface area contributed by atoms with Crippen LogP contribution in [0.4, 0.5) is 0 Å². The van der Waals surface area contributed by atoms with Crippen LogP contribution < -0.4 is 5.56 Å². The van der Waals surface area contributed by atoms with Crippen molar-refractivity contribution in [3.05, 3.63) is 27.0 Å². The standard InChI is InChI=1S/C11H12ClNO2S/c1-5(2)13-11(15)8-7(16-13)4-6(3)10(14)9(8)12/h4-5,14H,1-3H3. The van der Waals surface area contributed by atoms with Gasteiger partial charge in [-0.3, -0.25) is 8.75 Å². The molecule has 0 amide bonds. The number of benzene rings is 1. The molecule has 0 unspecified atom stereocenters. The van der Waals surface area contributed by atoms with Crippen molar-refractivity contribution in [2.75, 3.05) is 0 Å². The average molecular weight is 258 g/mol. The van der Waals surface area contributed by atoms with Gasteiger partial charge in [0.2, 0.25) is 0 Å². The Hall–Kier alpha value is -1.00. The summed E-state index contributed by atoms with van der Waals surface area (Å²) in [5.74, 6) is -0.0000252. The number of fused-ring (bicyclic) bond motifs is 1. The van der Waals surface area contributed by atoms with Crippen LogP contribution in [0.5, 0.6) is 5.75 Å². The van der Waals surface area contributed by atoms with Crippen molar-refractivity contribution in [1.29, 1.82) is 0 Å². The fourth-order valence-corrected chi connectivity index (χ4v) is 3.10. The summed E-state index contributed by atoms with van der Waals surface area (Å²) in [7, 11) is 0.